The van der Waals surface area contributed by atoms with Gasteiger partial charge in [-0.05, 0) is 36.8 Å². The Morgan fingerprint density at radius 3 is 2.35 bits per heavy atom. The minimum absolute atomic E-state index is 0.123. The van der Waals surface area contributed by atoms with Crippen molar-refractivity contribution in [3.8, 4) is 0 Å². The highest BCUT2D eigenvalue weighted by atomic mass is 35.5. The summed E-state index contributed by atoms with van der Waals surface area (Å²) in [6.45, 7) is 1.74. The highest BCUT2D eigenvalue weighted by molar-refractivity contribution is 6.33. The van der Waals surface area contributed by atoms with E-state index in [1.165, 1.54) is 0 Å². The van der Waals surface area contributed by atoms with Crippen molar-refractivity contribution in [3.05, 3.63) is 69.7 Å². The van der Waals surface area contributed by atoms with Gasteiger partial charge in [0.2, 0.25) is 5.91 Å². The Morgan fingerprint density at radius 1 is 1.04 bits per heavy atom. The van der Waals surface area contributed by atoms with E-state index in [0.29, 0.717) is 15.6 Å². The Labute approximate surface area is 144 Å². The summed E-state index contributed by atoms with van der Waals surface area (Å²) in [6.07, 6.45) is 0. The van der Waals surface area contributed by atoms with E-state index >= 15 is 0 Å². The van der Waals surface area contributed by atoms with E-state index < -0.39 is 0 Å². The summed E-state index contributed by atoms with van der Waals surface area (Å²) >= 11 is 11.8. The molecule has 0 heterocycles. The van der Waals surface area contributed by atoms with Crippen LogP contribution in [-0.4, -0.2) is 18.4 Å². The number of rotatable bonds is 5. The van der Waals surface area contributed by atoms with Gasteiger partial charge in [-0.3, -0.25) is 9.59 Å². The standard InChI is InChI=1S/C17H16Cl2N2O2/c1-11(12-6-8-13(18)9-7-12)21-16(22)10-20-17(23)14-4-2-3-5-15(14)19/h2-9,11H,10H2,1H3,(H,20,23)(H,21,22)/t11-/m1/s1. The maximum atomic E-state index is 12.0. The molecule has 0 aromatic heterocycles. The van der Waals surface area contributed by atoms with Crippen molar-refractivity contribution in [1.29, 1.82) is 0 Å². The molecule has 2 rings (SSSR count). The fraction of sp³-hybridized carbons (Fsp3) is 0.176. The average molecular weight is 351 g/mol. The lowest BCUT2D eigenvalue weighted by Gasteiger charge is -2.15. The van der Waals surface area contributed by atoms with E-state index in [-0.39, 0.29) is 24.4 Å². The number of hydrogen-bond donors (Lipinski definition) is 2. The normalized spacial score (nSPS) is 11.6. The Balaban J connectivity index is 1.86. The van der Waals surface area contributed by atoms with Gasteiger partial charge in [0.25, 0.3) is 5.91 Å². The number of amides is 2. The van der Waals surface area contributed by atoms with E-state index in [1.807, 2.05) is 19.1 Å². The molecule has 2 aromatic carbocycles. The highest BCUT2D eigenvalue weighted by Crippen LogP contribution is 2.16. The Bertz CT molecular complexity index is 702. The number of carbonyl (C=O) groups excluding carboxylic acids is 2. The van der Waals surface area contributed by atoms with E-state index in [1.54, 1.807) is 36.4 Å². The van der Waals surface area contributed by atoms with E-state index in [0.717, 1.165) is 5.56 Å². The van der Waals surface area contributed by atoms with Gasteiger partial charge >= 0.3 is 0 Å². The van der Waals surface area contributed by atoms with Crippen LogP contribution in [0.1, 0.15) is 28.9 Å². The van der Waals surface area contributed by atoms with Gasteiger partial charge in [-0.1, -0.05) is 47.5 Å². The molecule has 1 atom stereocenters. The second kappa shape index (κ2) is 7.99. The second-order valence-corrected chi connectivity index (χ2v) is 5.85. The van der Waals surface area contributed by atoms with Crippen LogP contribution in [-0.2, 0) is 4.79 Å². The smallest absolute Gasteiger partial charge is 0.253 e. The largest absolute Gasteiger partial charge is 0.348 e. The van der Waals surface area contributed by atoms with E-state index in [9.17, 15) is 9.59 Å². The van der Waals surface area contributed by atoms with Crippen LogP contribution in [0, 0.1) is 0 Å². The van der Waals surface area contributed by atoms with Crippen molar-refractivity contribution < 1.29 is 9.59 Å². The summed E-state index contributed by atoms with van der Waals surface area (Å²) in [4.78, 5) is 23.9. The zero-order valence-corrected chi connectivity index (χ0v) is 14.0. The summed E-state index contributed by atoms with van der Waals surface area (Å²) in [5, 5.41) is 6.34. The summed E-state index contributed by atoms with van der Waals surface area (Å²) in [5.74, 6) is -0.669. The molecule has 23 heavy (non-hydrogen) atoms. The molecule has 0 spiro atoms. The number of benzene rings is 2. The lowest BCUT2D eigenvalue weighted by molar-refractivity contribution is -0.120. The minimum atomic E-state index is -0.384. The van der Waals surface area contributed by atoms with Crippen LogP contribution < -0.4 is 10.6 Å². The first-order chi connectivity index (χ1) is 11.0. The van der Waals surface area contributed by atoms with Crippen molar-refractivity contribution in [1.82, 2.24) is 10.6 Å². The van der Waals surface area contributed by atoms with Crippen molar-refractivity contribution in [2.24, 2.45) is 0 Å². The number of hydrogen-bond acceptors (Lipinski definition) is 2. The quantitative estimate of drug-likeness (QED) is 0.865. The zero-order valence-electron chi connectivity index (χ0n) is 12.5. The third kappa shape index (κ3) is 4.98. The van der Waals surface area contributed by atoms with Gasteiger partial charge in [0, 0.05) is 5.02 Å². The van der Waals surface area contributed by atoms with Crippen LogP contribution in [0.25, 0.3) is 0 Å². The van der Waals surface area contributed by atoms with Crippen LogP contribution in [0.3, 0.4) is 0 Å². The third-order valence-corrected chi connectivity index (χ3v) is 3.86. The Hall–Kier alpha value is -2.04. The fourth-order valence-electron chi connectivity index (χ4n) is 2.03. The van der Waals surface area contributed by atoms with Crippen LogP contribution in [0.4, 0.5) is 0 Å². The topological polar surface area (TPSA) is 58.2 Å². The molecule has 0 aliphatic carbocycles. The maximum Gasteiger partial charge on any atom is 0.253 e. The first-order valence-corrected chi connectivity index (χ1v) is 7.80. The number of halogens is 2. The van der Waals surface area contributed by atoms with Crippen molar-refractivity contribution in [2.45, 2.75) is 13.0 Å². The Kier molecular flexibility index (Phi) is 6.02. The molecule has 0 fully saturated rings. The molecule has 2 amide bonds. The molecule has 2 aromatic rings. The van der Waals surface area contributed by atoms with Gasteiger partial charge < -0.3 is 10.6 Å². The molecule has 0 aliphatic rings. The van der Waals surface area contributed by atoms with Gasteiger partial charge in [-0.15, -0.1) is 0 Å². The Morgan fingerprint density at radius 2 is 1.70 bits per heavy atom. The zero-order chi connectivity index (χ0) is 16.8. The lowest BCUT2D eigenvalue weighted by Crippen LogP contribution is -2.38. The van der Waals surface area contributed by atoms with Gasteiger partial charge in [-0.25, -0.2) is 0 Å². The first kappa shape index (κ1) is 17.3. The van der Waals surface area contributed by atoms with Crippen molar-refractivity contribution >= 4 is 35.0 Å². The van der Waals surface area contributed by atoms with Gasteiger partial charge in [-0.2, -0.15) is 0 Å². The van der Waals surface area contributed by atoms with Crippen LogP contribution in [0.2, 0.25) is 10.0 Å². The molecule has 0 saturated heterocycles. The molecule has 2 N–H and O–H groups in total. The summed E-state index contributed by atoms with van der Waals surface area (Å²) in [5.41, 5.74) is 1.27. The molecular formula is C17H16Cl2N2O2. The molecular weight excluding hydrogens is 335 g/mol. The van der Waals surface area contributed by atoms with Crippen molar-refractivity contribution in [3.63, 3.8) is 0 Å². The first-order valence-electron chi connectivity index (χ1n) is 7.05. The SMILES string of the molecule is C[C@@H](NC(=O)CNC(=O)c1ccccc1Cl)c1ccc(Cl)cc1. The third-order valence-electron chi connectivity index (χ3n) is 3.28. The molecule has 0 unspecified atom stereocenters. The molecule has 4 nitrogen and oxygen atoms in total. The monoisotopic (exact) mass is 350 g/mol. The van der Waals surface area contributed by atoms with Gasteiger partial charge in [0.1, 0.15) is 0 Å². The summed E-state index contributed by atoms with van der Waals surface area (Å²) < 4.78 is 0. The molecule has 0 bridgehead atoms. The second-order valence-electron chi connectivity index (χ2n) is 5.00. The van der Waals surface area contributed by atoms with Crippen LogP contribution in [0.5, 0.6) is 0 Å². The number of carbonyl (C=O) groups is 2. The van der Waals surface area contributed by atoms with Crippen molar-refractivity contribution in [2.75, 3.05) is 6.54 Å². The average Bonchev–Trinajstić information content (AvgIpc) is 2.53. The van der Waals surface area contributed by atoms with Gasteiger partial charge in [0.15, 0.2) is 0 Å². The predicted octanol–water partition coefficient (Wildman–Crippen LogP) is 3.60. The van der Waals surface area contributed by atoms with Gasteiger partial charge in [0.05, 0.1) is 23.2 Å². The van der Waals surface area contributed by atoms with Crippen LogP contribution >= 0.6 is 23.2 Å². The minimum Gasteiger partial charge on any atom is -0.348 e. The summed E-state index contributed by atoms with van der Waals surface area (Å²) in [7, 11) is 0. The number of nitrogens with one attached hydrogen (secondary N) is 2. The molecule has 6 heteroatoms. The molecule has 120 valence electrons. The molecule has 0 radical (unpaired) electrons. The summed E-state index contributed by atoms with van der Waals surface area (Å²) in [6, 6.07) is 13.7. The molecule has 0 aliphatic heterocycles. The maximum absolute atomic E-state index is 12.0. The van der Waals surface area contributed by atoms with Crippen LogP contribution in [0.15, 0.2) is 48.5 Å². The lowest BCUT2D eigenvalue weighted by atomic mass is 10.1. The predicted molar refractivity (Wildman–Crippen MR) is 91.8 cm³/mol. The van der Waals surface area contributed by atoms with E-state index in [4.69, 9.17) is 23.2 Å². The highest BCUT2D eigenvalue weighted by Gasteiger charge is 2.13. The molecule has 0 saturated carbocycles. The van der Waals surface area contributed by atoms with E-state index in [2.05, 4.69) is 10.6 Å². The fourth-order valence-corrected chi connectivity index (χ4v) is 2.38.